The van der Waals surface area contributed by atoms with Crippen LogP contribution >= 0.6 is 0 Å². The SMILES string of the molecule is COc1ccccc1CN(C)Cc1cc(F)ccc1N. The first kappa shape index (κ1) is 14.3. The lowest BCUT2D eigenvalue weighted by atomic mass is 10.1. The number of nitrogen functional groups attached to an aromatic ring is 1. The number of anilines is 1. The first-order chi connectivity index (χ1) is 9.60. The first-order valence-corrected chi connectivity index (χ1v) is 6.44. The molecule has 2 rings (SSSR count). The van der Waals surface area contributed by atoms with E-state index in [1.54, 1.807) is 13.2 Å². The summed E-state index contributed by atoms with van der Waals surface area (Å²) in [4.78, 5) is 2.07. The van der Waals surface area contributed by atoms with Crippen LogP contribution in [0.15, 0.2) is 42.5 Å². The summed E-state index contributed by atoms with van der Waals surface area (Å²) in [5, 5.41) is 0. The molecule has 0 bridgehead atoms. The molecule has 3 nitrogen and oxygen atoms in total. The van der Waals surface area contributed by atoms with Gasteiger partial charge in [0.1, 0.15) is 11.6 Å². The fourth-order valence-corrected chi connectivity index (χ4v) is 2.18. The summed E-state index contributed by atoms with van der Waals surface area (Å²) >= 11 is 0. The quantitative estimate of drug-likeness (QED) is 0.852. The second kappa shape index (κ2) is 6.39. The molecule has 0 saturated heterocycles. The summed E-state index contributed by atoms with van der Waals surface area (Å²) in [6, 6.07) is 12.3. The smallest absolute Gasteiger partial charge is 0.123 e. The average Bonchev–Trinajstić information content (AvgIpc) is 2.43. The highest BCUT2D eigenvalue weighted by molar-refractivity contribution is 5.46. The molecule has 106 valence electrons. The van der Waals surface area contributed by atoms with E-state index in [-0.39, 0.29) is 5.82 Å². The van der Waals surface area contributed by atoms with Crippen molar-refractivity contribution in [1.29, 1.82) is 0 Å². The number of halogens is 1. The molecule has 0 atom stereocenters. The Balaban J connectivity index is 2.09. The zero-order chi connectivity index (χ0) is 14.5. The van der Waals surface area contributed by atoms with Crippen LogP contribution in [0.5, 0.6) is 5.75 Å². The zero-order valence-corrected chi connectivity index (χ0v) is 11.8. The number of hydrogen-bond acceptors (Lipinski definition) is 3. The Bertz CT molecular complexity index is 586. The summed E-state index contributed by atoms with van der Waals surface area (Å²) in [6.45, 7) is 1.29. The van der Waals surface area contributed by atoms with Crippen molar-refractivity contribution >= 4 is 5.69 Å². The van der Waals surface area contributed by atoms with Crippen molar-refractivity contribution < 1.29 is 9.13 Å². The molecule has 20 heavy (non-hydrogen) atoms. The van der Waals surface area contributed by atoms with Crippen molar-refractivity contribution in [3.63, 3.8) is 0 Å². The van der Waals surface area contributed by atoms with E-state index >= 15 is 0 Å². The molecular formula is C16H19FN2O. The molecule has 0 aliphatic carbocycles. The van der Waals surface area contributed by atoms with Crippen molar-refractivity contribution in [2.45, 2.75) is 13.1 Å². The maximum absolute atomic E-state index is 13.2. The molecule has 0 aliphatic heterocycles. The summed E-state index contributed by atoms with van der Waals surface area (Å²) in [6.07, 6.45) is 0. The third kappa shape index (κ3) is 3.48. The van der Waals surface area contributed by atoms with E-state index in [0.29, 0.717) is 18.8 Å². The van der Waals surface area contributed by atoms with Crippen molar-refractivity contribution in [3.05, 3.63) is 59.4 Å². The van der Waals surface area contributed by atoms with Gasteiger partial charge in [-0.25, -0.2) is 4.39 Å². The normalized spacial score (nSPS) is 10.8. The summed E-state index contributed by atoms with van der Waals surface area (Å²) in [5.41, 5.74) is 8.36. The Morgan fingerprint density at radius 3 is 2.55 bits per heavy atom. The minimum absolute atomic E-state index is 0.264. The van der Waals surface area contributed by atoms with Gasteiger partial charge in [0.15, 0.2) is 0 Å². The number of nitrogens with zero attached hydrogens (tertiary/aromatic N) is 1. The van der Waals surface area contributed by atoms with Gasteiger partial charge in [-0.15, -0.1) is 0 Å². The predicted octanol–water partition coefficient (Wildman–Crippen LogP) is 3.05. The van der Waals surface area contributed by atoms with E-state index in [2.05, 4.69) is 4.90 Å². The molecule has 0 aliphatic rings. The van der Waals surface area contributed by atoms with Crippen LogP contribution < -0.4 is 10.5 Å². The zero-order valence-electron chi connectivity index (χ0n) is 11.8. The Morgan fingerprint density at radius 2 is 1.80 bits per heavy atom. The second-order valence-electron chi connectivity index (χ2n) is 4.83. The van der Waals surface area contributed by atoms with Gasteiger partial charge in [-0.1, -0.05) is 18.2 Å². The number of hydrogen-bond donors (Lipinski definition) is 1. The van der Waals surface area contributed by atoms with Crippen LogP contribution in [0.4, 0.5) is 10.1 Å². The molecule has 0 saturated carbocycles. The highest BCUT2D eigenvalue weighted by atomic mass is 19.1. The number of methoxy groups -OCH3 is 1. The topological polar surface area (TPSA) is 38.5 Å². The molecule has 2 N–H and O–H groups in total. The summed E-state index contributed by atoms with van der Waals surface area (Å²) < 4.78 is 18.6. The van der Waals surface area contributed by atoms with E-state index in [1.165, 1.54) is 12.1 Å². The van der Waals surface area contributed by atoms with Gasteiger partial charge in [-0.05, 0) is 36.9 Å². The lowest BCUT2D eigenvalue weighted by Gasteiger charge is -2.19. The van der Waals surface area contributed by atoms with E-state index in [9.17, 15) is 4.39 Å². The van der Waals surface area contributed by atoms with Crippen LogP contribution in [0.3, 0.4) is 0 Å². The second-order valence-corrected chi connectivity index (χ2v) is 4.83. The third-order valence-electron chi connectivity index (χ3n) is 3.18. The summed E-state index contributed by atoms with van der Waals surface area (Å²) in [7, 11) is 3.63. The maximum atomic E-state index is 13.2. The van der Waals surface area contributed by atoms with E-state index in [0.717, 1.165) is 16.9 Å². The minimum atomic E-state index is -0.264. The number of benzene rings is 2. The molecule has 0 spiro atoms. The third-order valence-corrected chi connectivity index (χ3v) is 3.18. The van der Waals surface area contributed by atoms with Crippen LogP contribution in [-0.4, -0.2) is 19.1 Å². The van der Waals surface area contributed by atoms with Crippen molar-refractivity contribution in [2.75, 3.05) is 19.9 Å². The molecule has 0 fully saturated rings. The molecule has 0 unspecified atom stereocenters. The van der Waals surface area contributed by atoms with Crippen LogP contribution in [0.1, 0.15) is 11.1 Å². The van der Waals surface area contributed by atoms with Crippen molar-refractivity contribution in [3.8, 4) is 5.75 Å². The van der Waals surface area contributed by atoms with Gasteiger partial charge in [0.05, 0.1) is 7.11 Å². The number of ether oxygens (including phenoxy) is 1. The maximum Gasteiger partial charge on any atom is 0.123 e. The minimum Gasteiger partial charge on any atom is -0.496 e. The molecule has 2 aromatic rings. The highest BCUT2D eigenvalue weighted by Gasteiger charge is 2.08. The Labute approximate surface area is 118 Å². The first-order valence-electron chi connectivity index (χ1n) is 6.44. The van der Waals surface area contributed by atoms with Crippen LogP contribution in [0.25, 0.3) is 0 Å². The van der Waals surface area contributed by atoms with Crippen molar-refractivity contribution in [2.24, 2.45) is 0 Å². The van der Waals surface area contributed by atoms with Gasteiger partial charge in [0.2, 0.25) is 0 Å². The molecule has 0 heterocycles. The van der Waals surface area contributed by atoms with Gasteiger partial charge >= 0.3 is 0 Å². The average molecular weight is 274 g/mol. The molecule has 0 aromatic heterocycles. The number of rotatable bonds is 5. The Kier molecular flexibility index (Phi) is 4.58. The molecule has 2 aromatic carbocycles. The predicted molar refractivity (Wildman–Crippen MR) is 79.0 cm³/mol. The number of para-hydroxylation sites is 1. The van der Waals surface area contributed by atoms with Crippen LogP contribution in [0.2, 0.25) is 0 Å². The van der Waals surface area contributed by atoms with E-state index < -0.39 is 0 Å². The van der Waals surface area contributed by atoms with Gasteiger partial charge in [-0.3, -0.25) is 4.90 Å². The van der Waals surface area contributed by atoms with E-state index in [1.807, 2.05) is 31.3 Å². The molecule has 4 heteroatoms. The van der Waals surface area contributed by atoms with Crippen LogP contribution in [-0.2, 0) is 13.1 Å². The Hall–Kier alpha value is -2.07. The van der Waals surface area contributed by atoms with Crippen LogP contribution in [0, 0.1) is 5.82 Å². The van der Waals surface area contributed by atoms with Gasteiger partial charge in [0, 0.05) is 24.3 Å². The van der Waals surface area contributed by atoms with Gasteiger partial charge in [-0.2, -0.15) is 0 Å². The van der Waals surface area contributed by atoms with Gasteiger partial charge < -0.3 is 10.5 Å². The Morgan fingerprint density at radius 1 is 1.10 bits per heavy atom. The van der Waals surface area contributed by atoms with Crippen molar-refractivity contribution in [1.82, 2.24) is 4.90 Å². The van der Waals surface area contributed by atoms with Gasteiger partial charge in [0.25, 0.3) is 0 Å². The highest BCUT2D eigenvalue weighted by Crippen LogP contribution is 2.21. The monoisotopic (exact) mass is 274 g/mol. The molecule has 0 amide bonds. The van der Waals surface area contributed by atoms with E-state index in [4.69, 9.17) is 10.5 Å². The fraction of sp³-hybridized carbons (Fsp3) is 0.250. The molecule has 0 radical (unpaired) electrons. The lowest BCUT2D eigenvalue weighted by Crippen LogP contribution is -2.18. The lowest BCUT2D eigenvalue weighted by molar-refractivity contribution is 0.310. The molecular weight excluding hydrogens is 255 g/mol. The summed E-state index contributed by atoms with van der Waals surface area (Å²) in [5.74, 6) is 0.589. The largest absolute Gasteiger partial charge is 0.496 e. The fourth-order valence-electron chi connectivity index (χ4n) is 2.18. The standard InChI is InChI=1S/C16H19FN2O/c1-19(10-12-5-3-4-6-16(12)20-2)11-13-9-14(17)7-8-15(13)18/h3-9H,10-11,18H2,1-2H3. The number of nitrogens with two attached hydrogens (primary N) is 1.